The van der Waals surface area contributed by atoms with Crippen molar-refractivity contribution in [1.29, 1.82) is 0 Å². The van der Waals surface area contributed by atoms with Crippen LogP contribution in [0.5, 0.6) is 0 Å². The van der Waals surface area contributed by atoms with Crippen molar-refractivity contribution in [3.05, 3.63) is 12.7 Å². The minimum Gasteiger partial charge on any atom is -0.379 e. The minimum atomic E-state index is 0. The second-order valence-electron chi connectivity index (χ2n) is 4.76. The van der Waals surface area contributed by atoms with E-state index in [9.17, 15) is 0 Å². The van der Waals surface area contributed by atoms with Crippen LogP contribution < -0.4 is 0 Å². The summed E-state index contributed by atoms with van der Waals surface area (Å²) in [4.78, 5) is 5.18. The van der Waals surface area contributed by atoms with Crippen LogP contribution >= 0.6 is 17.0 Å². The molecule has 2 aliphatic rings. The Labute approximate surface area is 116 Å². The molecule has 0 aromatic carbocycles. The summed E-state index contributed by atoms with van der Waals surface area (Å²) in [5, 5.41) is 0. The molecule has 1 unspecified atom stereocenters. The molecule has 3 nitrogen and oxygen atoms in total. The molecule has 0 bridgehead atoms. The molecule has 1 atom stereocenters. The maximum atomic E-state index is 5.44. The summed E-state index contributed by atoms with van der Waals surface area (Å²) < 4.78 is 5.44. The van der Waals surface area contributed by atoms with Crippen LogP contribution in [0.1, 0.15) is 25.7 Å². The van der Waals surface area contributed by atoms with Crippen molar-refractivity contribution >= 4 is 17.0 Å². The fourth-order valence-corrected chi connectivity index (χ4v) is 2.82. The van der Waals surface area contributed by atoms with Crippen LogP contribution in [-0.2, 0) is 4.74 Å². The molecule has 2 fully saturated rings. The predicted molar refractivity (Wildman–Crippen MR) is 76.7 cm³/mol. The van der Waals surface area contributed by atoms with E-state index in [1.807, 2.05) is 6.08 Å². The molecule has 0 saturated carbocycles. The highest BCUT2D eigenvalue weighted by Gasteiger charge is 2.26. The molecule has 2 rings (SSSR count). The Morgan fingerprint density at radius 2 is 1.88 bits per heavy atom. The number of rotatable bonds is 3. The minimum absolute atomic E-state index is 0. The van der Waals surface area contributed by atoms with Gasteiger partial charge in [-0.25, -0.2) is 0 Å². The molecule has 0 spiro atoms. The highest BCUT2D eigenvalue weighted by atomic mass is 79.9. The van der Waals surface area contributed by atoms with Crippen molar-refractivity contribution in [3.8, 4) is 0 Å². The number of morpholine rings is 1. The molecule has 0 radical (unpaired) electrons. The predicted octanol–water partition coefficient (Wildman–Crippen LogP) is 2.28. The zero-order valence-electron chi connectivity index (χ0n) is 10.6. The van der Waals surface area contributed by atoms with E-state index in [4.69, 9.17) is 4.74 Å². The van der Waals surface area contributed by atoms with Gasteiger partial charge in [0.05, 0.1) is 19.4 Å². The van der Waals surface area contributed by atoms with Crippen LogP contribution in [0.2, 0.25) is 0 Å². The van der Waals surface area contributed by atoms with E-state index in [2.05, 4.69) is 16.4 Å². The molecule has 2 saturated heterocycles. The Kier molecular flexibility index (Phi) is 7.35. The summed E-state index contributed by atoms with van der Waals surface area (Å²) in [6.45, 7) is 10.1. The van der Waals surface area contributed by atoms with Gasteiger partial charge in [-0.2, -0.15) is 0 Å². The lowest BCUT2D eigenvalue weighted by atomic mass is 10.2. The SMILES string of the molecule is Br.C=CCN1CCCCCC1N1CCOCC1. The summed E-state index contributed by atoms with van der Waals surface area (Å²) in [5.74, 6) is 0. The zero-order chi connectivity index (χ0) is 11.2. The molecule has 2 heterocycles. The van der Waals surface area contributed by atoms with Crippen molar-refractivity contribution in [2.45, 2.75) is 31.8 Å². The van der Waals surface area contributed by atoms with E-state index in [0.29, 0.717) is 6.17 Å². The molecule has 0 N–H and O–H groups in total. The lowest BCUT2D eigenvalue weighted by Gasteiger charge is -2.40. The molecule has 0 aromatic heterocycles. The Balaban J connectivity index is 0.00000144. The molecule has 0 amide bonds. The van der Waals surface area contributed by atoms with Gasteiger partial charge in [0.1, 0.15) is 0 Å². The fraction of sp³-hybridized carbons (Fsp3) is 0.846. The number of hydrogen-bond donors (Lipinski definition) is 0. The molecule has 2 aliphatic heterocycles. The second kappa shape index (κ2) is 8.25. The van der Waals surface area contributed by atoms with Gasteiger partial charge >= 0.3 is 0 Å². The summed E-state index contributed by atoms with van der Waals surface area (Å²) >= 11 is 0. The third-order valence-electron chi connectivity index (χ3n) is 3.66. The molecular weight excluding hydrogens is 280 g/mol. The van der Waals surface area contributed by atoms with Crippen molar-refractivity contribution < 1.29 is 4.74 Å². The topological polar surface area (TPSA) is 15.7 Å². The van der Waals surface area contributed by atoms with Gasteiger partial charge in [-0.15, -0.1) is 23.6 Å². The molecule has 0 aliphatic carbocycles. The van der Waals surface area contributed by atoms with Gasteiger partial charge in [-0.05, 0) is 19.4 Å². The molecular formula is C13H25BrN2O. The molecule has 0 aromatic rings. The van der Waals surface area contributed by atoms with Crippen LogP contribution in [0, 0.1) is 0 Å². The molecule has 17 heavy (non-hydrogen) atoms. The van der Waals surface area contributed by atoms with Crippen molar-refractivity contribution in [2.24, 2.45) is 0 Å². The first-order chi connectivity index (χ1) is 7.92. The number of halogens is 1. The molecule has 4 heteroatoms. The number of nitrogens with zero attached hydrogens (tertiary/aromatic N) is 2. The van der Waals surface area contributed by atoms with Crippen molar-refractivity contribution in [2.75, 3.05) is 39.4 Å². The highest BCUT2D eigenvalue weighted by molar-refractivity contribution is 8.93. The Morgan fingerprint density at radius 3 is 2.59 bits per heavy atom. The summed E-state index contributed by atoms with van der Waals surface area (Å²) in [6.07, 6.45) is 8.08. The number of likely N-dealkylation sites (tertiary alicyclic amines) is 1. The van der Waals surface area contributed by atoms with E-state index in [1.165, 1.54) is 32.2 Å². The van der Waals surface area contributed by atoms with Gasteiger partial charge in [0.15, 0.2) is 0 Å². The normalized spacial score (nSPS) is 28.1. The smallest absolute Gasteiger partial charge is 0.0626 e. The summed E-state index contributed by atoms with van der Waals surface area (Å²) in [7, 11) is 0. The summed E-state index contributed by atoms with van der Waals surface area (Å²) in [5.41, 5.74) is 0. The summed E-state index contributed by atoms with van der Waals surface area (Å²) in [6, 6.07) is 0. The van der Waals surface area contributed by atoms with Crippen LogP contribution in [0.3, 0.4) is 0 Å². The average molecular weight is 305 g/mol. The third-order valence-corrected chi connectivity index (χ3v) is 3.66. The standard InChI is InChI=1S/C13H24N2O.BrH/c1-2-7-14-8-5-3-4-6-13(14)15-9-11-16-12-10-15;/h2,13H,1,3-12H2;1H. The Bertz CT molecular complexity index is 219. The van der Waals surface area contributed by atoms with Gasteiger partial charge in [0, 0.05) is 19.6 Å². The van der Waals surface area contributed by atoms with Crippen molar-refractivity contribution in [1.82, 2.24) is 9.80 Å². The Hall–Kier alpha value is 0.1000. The monoisotopic (exact) mass is 304 g/mol. The fourth-order valence-electron chi connectivity index (χ4n) is 2.82. The highest BCUT2D eigenvalue weighted by Crippen LogP contribution is 2.20. The van der Waals surface area contributed by atoms with E-state index in [1.54, 1.807) is 0 Å². The second-order valence-corrected chi connectivity index (χ2v) is 4.76. The van der Waals surface area contributed by atoms with Crippen LogP contribution in [0.4, 0.5) is 0 Å². The van der Waals surface area contributed by atoms with Gasteiger partial charge in [-0.1, -0.05) is 18.9 Å². The quantitative estimate of drug-likeness (QED) is 0.744. The average Bonchev–Trinajstić information content (AvgIpc) is 2.56. The van der Waals surface area contributed by atoms with Gasteiger partial charge < -0.3 is 4.74 Å². The van der Waals surface area contributed by atoms with Crippen molar-refractivity contribution in [3.63, 3.8) is 0 Å². The first-order valence-corrected chi connectivity index (χ1v) is 6.58. The molecule has 100 valence electrons. The van der Waals surface area contributed by atoms with Gasteiger partial charge in [0.25, 0.3) is 0 Å². The first kappa shape index (κ1) is 15.2. The lowest BCUT2D eigenvalue weighted by molar-refractivity contribution is -0.0302. The zero-order valence-corrected chi connectivity index (χ0v) is 12.4. The van der Waals surface area contributed by atoms with E-state index < -0.39 is 0 Å². The van der Waals surface area contributed by atoms with Gasteiger partial charge in [-0.3, -0.25) is 9.80 Å². The maximum Gasteiger partial charge on any atom is 0.0626 e. The Morgan fingerprint density at radius 1 is 1.12 bits per heavy atom. The number of ether oxygens (including phenoxy) is 1. The largest absolute Gasteiger partial charge is 0.379 e. The number of hydrogen-bond acceptors (Lipinski definition) is 3. The van der Waals surface area contributed by atoms with Gasteiger partial charge in [0.2, 0.25) is 0 Å². The van der Waals surface area contributed by atoms with E-state index in [0.717, 1.165) is 32.8 Å². The van der Waals surface area contributed by atoms with Crippen LogP contribution in [-0.4, -0.2) is 55.4 Å². The first-order valence-electron chi connectivity index (χ1n) is 6.58. The lowest BCUT2D eigenvalue weighted by Crippen LogP contribution is -2.52. The van der Waals surface area contributed by atoms with E-state index >= 15 is 0 Å². The third kappa shape index (κ3) is 4.36. The van der Waals surface area contributed by atoms with Crippen LogP contribution in [0.15, 0.2) is 12.7 Å². The maximum absolute atomic E-state index is 5.44. The van der Waals surface area contributed by atoms with Crippen LogP contribution in [0.25, 0.3) is 0 Å². The van der Waals surface area contributed by atoms with E-state index in [-0.39, 0.29) is 17.0 Å².